The number of hydrogen-bond acceptors (Lipinski definition) is 4. The second kappa shape index (κ2) is 24.5. The van der Waals surface area contributed by atoms with E-state index in [2.05, 4.69) is 6.92 Å². The van der Waals surface area contributed by atoms with E-state index in [0.717, 1.165) is 19.6 Å². The second-order valence-electron chi connectivity index (χ2n) is 9.20. The van der Waals surface area contributed by atoms with Crippen molar-refractivity contribution in [2.24, 2.45) is 0 Å². The number of aliphatic hydroxyl groups excluding tert-OH is 2. The van der Waals surface area contributed by atoms with Crippen LogP contribution in [0.5, 0.6) is 5.75 Å². The highest BCUT2D eigenvalue weighted by Crippen LogP contribution is 2.13. The number of hydrogen-bond donors (Lipinski definition) is 4. The van der Waals surface area contributed by atoms with Gasteiger partial charge in [0, 0.05) is 0 Å². The standard InChI is InChI=1S/C21H45NO2.C7H6O3/c1-2-3-4-5-6-7-8-9-10-11-12-13-14-15-16-17-22(18-20-23)19-21-24;8-6-4-2-1-3-5(6)7(9)10/h23-24H,2-21H2,1H3;1-4,8H,(H,9,10). The summed E-state index contributed by atoms with van der Waals surface area (Å²) < 4.78 is 0. The van der Waals surface area contributed by atoms with Crippen LogP contribution in [0.4, 0.5) is 0 Å². The molecule has 0 aliphatic carbocycles. The minimum absolute atomic E-state index is 0.178. The molecule has 0 unspecified atom stereocenters. The third kappa shape index (κ3) is 19.8. The Labute approximate surface area is 208 Å². The molecule has 0 radical (unpaired) electrons. The molecule has 1 aromatic rings. The number of unbranched alkanes of at least 4 members (excludes halogenated alkanes) is 14. The lowest BCUT2D eigenvalue weighted by Gasteiger charge is -2.17. The molecule has 0 bridgehead atoms. The van der Waals surface area contributed by atoms with E-state index in [-0.39, 0.29) is 18.8 Å². The molecule has 34 heavy (non-hydrogen) atoms. The molecule has 1 aromatic carbocycles. The summed E-state index contributed by atoms with van der Waals surface area (Å²) in [6.07, 6.45) is 21.0. The molecule has 0 amide bonds. The summed E-state index contributed by atoms with van der Waals surface area (Å²) in [6, 6.07) is 5.54. The van der Waals surface area contributed by atoms with E-state index < -0.39 is 11.7 Å². The Morgan fingerprint density at radius 3 is 1.47 bits per heavy atom. The van der Waals surface area contributed by atoms with Crippen LogP contribution in [0.15, 0.2) is 24.3 Å². The quantitative estimate of drug-likeness (QED) is 0.197. The zero-order chi connectivity index (χ0) is 25.3. The van der Waals surface area contributed by atoms with Gasteiger partial charge >= 0.3 is 5.97 Å². The molecule has 1 rings (SSSR count). The van der Waals surface area contributed by atoms with Gasteiger partial charge in [0.25, 0.3) is 0 Å². The normalized spacial score (nSPS) is 10.8. The van der Waals surface area contributed by atoms with E-state index in [1.165, 1.54) is 125 Å². The number of carboxylic acids is 1. The Hall–Kier alpha value is -1.63. The lowest BCUT2D eigenvalue weighted by atomic mass is 10.0. The molecule has 0 aliphatic rings. The van der Waals surface area contributed by atoms with E-state index in [0.29, 0.717) is 0 Å². The number of rotatable bonds is 21. The van der Waals surface area contributed by atoms with Gasteiger partial charge in [0.1, 0.15) is 13.1 Å². The fraction of sp³-hybridized carbons (Fsp3) is 0.750. The summed E-state index contributed by atoms with van der Waals surface area (Å²) in [4.78, 5) is 11.6. The molecule has 6 heteroatoms. The van der Waals surface area contributed by atoms with Gasteiger partial charge in [-0.25, -0.2) is 4.79 Å². The number of nitrogens with one attached hydrogen (secondary N) is 1. The Bertz CT molecular complexity index is 576. The van der Waals surface area contributed by atoms with Crippen molar-refractivity contribution < 1.29 is 30.1 Å². The molecule has 0 saturated heterocycles. The topological polar surface area (TPSA) is 105 Å². The second-order valence-corrected chi connectivity index (χ2v) is 9.20. The van der Waals surface area contributed by atoms with E-state index in [1.807, 2.05) is 0 Å². The monoisotopic (exact) mass is 481 g/mol. The molecule has 0 atom stereocenters. The molecular formula is C28H51NO5. The van der Waals surface area contributed by atoms with Gasteiger partial charge in [-0.05, 0) is 18.9 Å². The summed E-state index contributed by atoms with van der Waals surface area (Å²) >= 11 is 0. The largest absolute Gasteiger partial charge is 0.872 e. The maximum absolute atomic E-state index is 10.7. The number of quaternary nitrogens is 1. The van der Waals surface area contributed by atoms with Gasteiger partial charge in [0.2, 0.25) is 0 Å². The van der Waals surface area contributed by atoms with Crippen LogP contribution >= 0.6 is 0 Å². The van der Waals surface area contributed by atoms with Gasteiger partial charge in [0.05, 0.1) is 25.3 Å². The molecule has 0 fully saturated rings. The molecule has 4 N–H and O–H groups in total. The van der Waals surface area contributed by atoms with Crippen molar-refractivity contribution in [2.45, 2.75) is 103 Å². The lowest BCUT2D eigenvalue weighted by Crippen LogP contribution is -3.13. The number of carboxylic acid groups (broad SMARTS) is 1. The van der Waals surface area contributed by atoms with Crippen molar-refractivity contribution in [3.05, 3.63) is 29.8 Å². The van der Waals surface area contributed by atoms with Crippen LogP contribution in [0.25, 0.3) is 0 Å². The van der Waals surface area contributed by atoms with Crippen LogP contribution in [-0.2, 0) is 0 Å². The summed E-state index contributed by atoms with van der Waals surface area (Å²) in [5.74, 6) is -1.62. The summed E-state index contributed by atoms with van der Waals surface area (Å²) in [5.41, 5.74) is -0.178. The maximum Gasteiger partial charge on any atom is 0.335 e. The van der Waals surface area contributed by atoms with Crippen LogP contribution in [0.3, 0.4) is 0 Å². The minimum atomic E-state index is -1.18. The Balaban J connectivity index is 0.000000896. The first-order valence-electron chi connectivity index (χ1n) is 13.6. The highest BCUT2D eigenvalue weighted by molar-refractivity contribution is 5.90. The number of aliphatic hydroxyl groups is 2. The van der Waals surface area contributed by atoms with Gasteiger partial charge < -0.3 is 25.3 Å². The molecule has 0 aliphatic heterocycles. The van der Waals surface area contributed by atoms with E-state index >= 15 is 0 Å². The third-order valence-corrected chi connectivity index (χ3v) is 6.18. The lowest BCUT2D eigenvalue weighted by molar-refractivity contribution is -0.901. The van der Waals surface area contributed by atoms with E-state index in [4.69, 9.17) is 15.3 Å². The zero-order valence-electron chi connectivity index (χ0n) is 21.6. The van der Waals surface area contributed by atoms with Gasteiger partial charge in [0.15, 0.2) is 0 Å². The molecule has 6 nitrogen and oxygen atoms in total. The predicted octanol–water partition coefficient (Wildman–Crippen LogP) is 4.19. The van der Waals surface area contributed by atoms with Crippen molar-refractivity contribution in [1.29, 1.82) is 0 Å². The highest BCUT2D eigenvalue weighted by atomic mass is 16.4. The number of benzene rings is 1. The van der Waals surface area contributed by atoms with Crippen LogP contribution in [0, 0.1) is 0 Å². The van der Waals surface area contributed by atoms with Gasteiger partial charge in [-0.2, -0.15) is 0 Å². The van der Waals surface area contributed by atoms with Crippen LogP contribution in [-0.4, -0.2) is 54.1 Å². The Morgan fingerprint density at radius 2 is 1.12 bits per heavy atom. The van der Waals surface area contributed by atoms with E-state index in [1.54, 1.807) is 0 Å². The SMILES string of the molecule is CCCCCCCCCCCCCCCCC[NH+](CCO)CCO.O=C(O)c1ccccc1[O-]. The molecule has 0 spiro atoms. The average Bonchev–Trinajstić information content (AvgIpc) is 2.82. The van der Waals surface area contributed by atoms with Crippen molar-refractivity contribution >= 4 is 5.97 Å². The van der Waals surface area contributed by atoms with Crippen LogP contribution in [0.2, 0.25) is 0 Å². The van der Waals surface area contributed by atoms with Crippen molar-refractivity contribution in [3.63, 3.8) is 0 Å². The highest BCUT2D eigenvalue weighted by Gasteiger charge is 2.06. The predicted molar refractivity (Wildman–Crippen MR) is 138 cm³/mol. The van der Waals surface area contributed by atoms with Crippen LogP contribution < -0.4 is 10.0 Å². The summed E-state index contributed by atoms with van der Waals surface area (Å²) in [6.45, 7) is 5.39. The number of carbonyl (C=O) groups is 1. The first kappa shape index (κ1) is 32.4. The minimum Gasteiger partial charge on any atom is -0.872 e. The Kier molecular flexibility index (Phi) is 23.3. The van der Waals surface area contributed by atoms with Gasteiger partial charge in [-0.3, -0.25) is 0 Å². The number of para-hydroxylation sites is 1. The summed E-state index contributed by atoms with van der Waals surface area (Å²) in [7, 11) is 0. The van der Waals surface area contributed by atoms with Crippen molar-refractivity contribution in [1.82, 2.24) is 0 Å². The fourth-order valence-corrected chi connectivity index (χ4v) is 4.08. The fourth-order valence-electron chi connectivity index (χ4n) is 4.08. The molecular weight excluding hydrogens is 430 g/mol. The first-order valence-corrected chi connectivity index (χ1v) is 13.6. The smallest absolute Gasteiger partial charge is 0.335 e. The third-order valence-electron chi connectivity index (χ3n) is 6.18. The number of aromatic carboxylic acids is 1. The summed E-state index contributed by atoms with van der Waals surface area (Å²) in [5, 5.41) is 37.0. The van der Waals surface area contributed by atoms with Crippen molar-refractivity contribution in [3.8, 4) is 5.75 Å². The van der Waals surface area contributed by atoms with Crippen LogP contribution in [0.1, 0.15) is 114 Å². The molecule has 0 aromatic heterocycles. The average molecular weight is 482 g/mol. The van der Waals surface area contributed by atoms with Gasteiger partial charge in [-0.15, -0.1) is 0 Å². The van der Waals surface area contributed by atoms with Crippen molar-refractivity contribution in [2.75, 3.05) is 32.8 Å². The molecule has 0 saturated carbocycles. The maximum atomic E-state index is 10.7. The molecule has 0 heterocycles. The Morgan fingerprint density at radius 1 is 0.706 bits per heavy atom. The van der Waals surface area contributed by atoms with E-state index in [9.17, 15) is 9.90 Å². The zero-order valence-corrected chi connectivity index (χ0v) is 21.6. The van der Waals surface area contributed by atoms with Gasteiger partial charge in [-0.1, -0.05) is 114 Å². The molecule has 198 valence electrons. The first-order chi connectivity index (χ1) is 16.6.